The van der Waals surface area contributed by atoms with Gasteiger partial charge in [-0.05, 0) is 32.1 Å². The number of carbonyl (C=O) groups is 3. The molecular weight excluding hydrogens is 264 g/mol. The maximum Gasteiger partial charge on any atom is 0.326 e. The molecular formula is C13H22N2O5. The Morgan fingerprint density at radius 2 is 2.05 bits per heavy atom. The van der Waals surface area contributed by atoms with Crippen LogP contribution in [0.25, 0.3) is 0 Å². The van der Waals surface area contributed by atoms with Crippen molar-refractivity contribution in [1.82, 2.24) is 5.32 Å². The topological polar surface area (TPSA) is 119 Å². The number of hydrogen-bond acceptors (Lipinski definition) is 4. The van der Waals surface area contributed by atoms with Gasteiger partial charge in [-0.3, -0.25) is 9.59 Å². The van der Waals surface area contributed by atoms with Gasteiger partial charge in [0.05, 0.1) is 6.10 Å². The van der Waals surface area contributed by atoms with Crippen LogP contribution < -0.4 is 11.1 Å². The van der Waals surface area contributed by atoms with Crippen molar-refractivity contribution in [2.75, 3.05) is 6.61 Å². The number of primary amides is 1. The van der Waals surface area contributed by atoms with Crippen LogP contribution in [0.15, 0.2) is 0 Å². The van der Waals surface area contributed by atoms with E-state index in [2.05, 4.69) is 5.32 Å². The van der Waals surface area contributed by atoms with E-state index in [-0.39, 0.29) is 31.3 Å². The minimum absolute atomic E-state index is 0.0103. The average molecular weight is 286 g/mol. The second-order valence-corrected chi connectivity index (χ2v) is 4.99. The first-order valence-corrected chi connectivity index (χ1v) is 6.91. The third-order valence-corrected chi connectivity index (χ3v) is 3.28. The van der Waals surface area contributed by atoms with Crippen molar-refractivity contribution in [2.24, 2.45) is 5.73 Å². The van der Waals surface area contributed by atoms with Gasteiger partial charge in [-0.15, -0.1) is 0 Å². The van der Waals surface area contributed by atoms with E-state index in [1.807, 2.05) is 0 Å². The molecule has 2 atom stereocenters. The quantitative estimate of drug-likeness (QED) is 0.587. The van der Waals surface area contributed by atoms with Crippen LogP contribution >= 0.6 is 0 Å². The van der Waals surface area contributed by atoms with Crippen LogP contribution in [0.4, 0.5) is 0 Å². The molecule has 2 amide bonds. The second kappa shape index (κ2) is 8.52. The van der Waals surface area contributed by atoms with Gasteiger partial charge in [0, 0.05) is 19.4 Å². The van der Waals surface area contributed by atoms with E-state index in [4.69, 9.17) is 15.6 Å². The van der Waals surface area contributed by atoms with Crippen LogP contribution in [0.3, 0.4) is 0 Å². The molecule has 0 aromatic heterocycles. The van der Waals surface area contributed by atoms with Gasteiger partial charge in [-0.2, -0.15) is 0 Å². The molecule has 1 fully saturated rings. The number of carboxylic acid groups (broad SMARTS) is 1. The summed E-state index contributed by atoms with van der Waals surface area (Å²) in [5, 5.41) is 11.4. The minimum Gasteiger partial charge on any atom is -0.480 e. The summed E-state index contributed by atoms with van der Waals surface area (Å²) in [5.41, 5.74) is 4.97. The Hall–Kier alpha value is -1.63. The molecule has 1 aliphatic rings. The zero-order valence-corrected chi connectivity index (χ0v) is 11.5. The number of nitrogens with two attached hydrogens (primary N) is 1. The van der Waals surface area contributed by atoms with E-state index in [0.717, 1.165) is 25.9 Å². The Morgan fingerprint density at radius 1 is 1.30 bits per heavy atom. The number of carbonyl (C=O) groups excluding carboxylic acids is 2. The van der Waals surface area contributed by atoms with Crippen molar-refractivity contribution in [1.29, 1.82) is 0 Å². The molecule has 1 saturated heterocycles. The molecule has 0 saturated carbocycles. The molecule has 7 nitrogen and oxygen atoms in total. The van der Waals surface area contributed by atoms with Crippen molar-refractivity contribution in [3.8, 4) is 0 Å². The molecule has 0 spiro atoms. The number of carboxylic acids is 1. The Bertz CT molecular complexity index is 353. The van der Waals surface area contributed by atoms with Gasteiger partial charge in [-0.1, -0.05) is 0 Å². The molecule has 1 heterocycles. The fourth-order valence-corrected chi connectivity index (χ4v) is 2.14. The van der Waals surface area contributed by atoms with Gasteiger partial charge >= 0.3 is 5.97 Å². The van der Waals surface area contributed by atoms with E-state index in [9.17, 15) is 14.4 Å². The van der Waals surface area contributed by atoms with Crippen molar-refractivity contribution in [3.05, 3.63) is 0 Å². The van der Waals surface area contributed by atoms with Gasteiger partial charge in [0.15, 0.2) is 0 Å². The highest BCUT2D eigenvalue weighted by atomic mass is 16.5. The third-order valence-electron chi connectivity index (χ3n) is 3.28. The smallest absolute Gasteiger partial charge is 0.326 e. The first-order chi connectivity index (χ1) is 9.49. The maximum absolute atomic E-state index is 11.7. The summed E-state index contributed by atoms with van der Waals surface area (Å²) in [7, 11) is 0. The normalized spacial score (nSPS) is 20.1. The van der Waals surface area contributed by atoms with Gasteiger partial charge in [-0.25, -0.2) is 4.79 Å². The largest absolute Gasteiger partial charge is 0.480 e. The monoisotopic (exact) mass is 286 g/mol. The molecule has 1 rings (SSSR count). The highest BCUT2D eigenvalue weighted by Crippen LogP contribution is 2.16. The molecule has 0 aromatic rings. The SMILES string of the molecule is NC(=O)CCC(NC(=O)CCC1CCCCO1)C(=O)O. The summed E-state index contributed by atoms with van der Waals surface area (Å²) < 4.78 is 5.50. The van der Waals surface area contributed by atoms with Gasteiger partial charge in [0.2, 0.25) is 11.8 Å². The fourth-order valence-electron chi connectivity index (χ4n) is 2.14. The first-order valence-electron chi connectivity index (χ1n) is 6.91. The Kier molecular flexibility index (Phi) is 7.00. The van der Waals surface area contributed by atoms with E-state index >= 15 is 0 Å². The highest BCUT2D eigenvalue weighted by molar-refractivity contribution is 5.84. The van der Waals surface area contributed by atoms with E-state index < -0.39 is 17.9 Å². The third kappa shape index (κ3) is 6.51. The summed E-state index contributed by atoms with van der Waals surface area (Å²) in [6.07, 6.45) is 3.94. The molecule has 0 bridgehead atoms. The molecule has 114 valence electrons. The number of aliphatic carboxylic acids is 1. The lowest BCUT2D eigenvalue weighted by atomic mass is 10.0. The predicted octanol–water partition coefficient (Wildman–Crippen LogP) is 0.171. The van der Waals surface area contributed by atoms with Crippen LogP contribution in [0.2, 0.25) is 0 Å². The number of ether oxygens (including phenoxy) is 1. The predicted molar refractivity (Wildman–Crippen MR) is 70.8 cm³/mol. The molecule has 2 unspecified atom stereocenters. The number of hydrogen-bond donors (Lipinski definition) is 3. The Balaban J connectivity index is 2.29. The van der Waals surface area contributed by atoms with Crippen molar-refractivity contribution in [3.63, 3.8) is 0 Å². The van der Waals surface area contributed by atoms with Crippen LogP contribution in [0.1, 0.15) is 44.9 Å². The number of rotatable bonds is 8. The first kappa shape index (κ1) is 16.4. The lowest BCUT2D eigenvalue weighted by Crippen LogP contribution is -2.41. The van der Waals surface area contributed by atoms with Crippen LogP contribution in [0.5, 0.6) is 0 Å². The van der Waals surface area contributed by atoms with Crippen molar-refractivity contribution < 1.29 is 24.2 Å². The fraction of sp³-hybridized carbons (Fsp3) is 0.769. The van der Waals surface area contributed by atoms with Gasteiger partial charge in [0.1, 0.15) is 6.04 Å². The van der Waals surface area contributed by atoms with Crippen LogP contribution in [-0.2, 0) is 19.1 Å². The molecule has 0 aromatic carbocycles. The van der Waals surface area contributed by atoms with Crippen molar-refractivity contribution in [2.45, 2.75) is 57.1 Å². The zero-order valence-electron chi connectivity index (χ0n) is 11.5. The average Bonchev–Trinajstić information content (AvgIpc) is 2.41. The molecule has 0 radical (unpaired) electrons. The standard InChI is InChI=1S/C13H22N2O5/c14-11(16)6-5-10(13(18)19)15-12(17)7-4-9-3-1-2-8-20-9/h9-10H,1-8H2,(H2,14,16)(H,15,17)(H,18,19). The van der Waals surface area contributed by atoms with E-state index in [0.29, 0.717) is 6.42 Å². The summed E-state index contributed by atoms with van der Waals surface area (Å²) in [4.78, 5) is 33.3. The second-order valence-electron chi connectivity index (χ2n) is 4.99. The molecule has 4 N–H and O–H groups in total. The highest BCUT2D eigenvalue weighted by Gasteiger charge is 2.21. The minimum atomic E-state index is -1.16. The lowest BCUT2D eigenvalue weighted by Gasteiger charge is -2.22. The number of nitrogens with one attached hydrogen (secondary N) is 1. The summed E-state index contributed by atoms with van der Waals surface area (Å²) in [6, 6.07) is -1.07. The maximum atomic E-state index is 11.7. The lowest BCUT2D eigenvalue weighted by molar-refractivity contribution is -0.142. The molecule has 20 heavy (non-hydrogen) atoms. The van der Waals surface area contributed by atoms with Gasteiger partial charge < -0.3 is 20.9 Å². The Labute approximate surface area is 117 Å². The number of amides is 2. The molecule has 1 aliphatic heterocycles. The summed E-state index contributed by atoms with van der Waals surface area (Å²) in [5.74, 6) is -2.08. The van der Waals surface area contributed by atoms with E-state index in [1.165, 1.54) is 0 Å². The molecule has 0 aliphatic carbocycles. The zero-order chi connectivity index (χ0) is 15.0. The summed E-state index contributed by atoms with van der Waals surface area (Å²) >= 11 is 0. The Morgan fingerprint density at radius 3 is 2.60 bits per heavy atom. The van der Waals surface area contributed by atoms with E-state index in [1.54, 1.807) is 0 Å². The van der Waals surface area contributed by atoms with Crippen molar-refractivity contribution >= 4 is 17.8 Å². The van der Waals surface area contributed by atoms with Crippen LogP contribution in [0, 0.1) is 0 Å². The van der Waals surface area contributed by atoms with Crippen LogP contribution in [-0.4, -0.2) is 41.6 Å². The molecule has 7 heteroatoms. The van der Waals surface area contributed by atoms with Gasteiger partial charge in [0.25, 0.3) is 0 Å². The summed E-state index contributed by atoms with van der Waals surface area (Å²) in [6.45, 7) is 0.725.